The van der Waals surface area contributed by atoms with Crippen molar-refractivity contribution in [3.05, 3.63) is 42.5 Å². The van der Waals surface area contributed by atoms with Crippen LogP contribution in [0.1, 0.15) is 13.3 Å². The molecule has 1 N–H and O–H groups in total. The lowest BCUT2D eigenvalue weighted by Gasteiger charge is -2.08. The van der Waals surface area contributed by atoms with Crippen LogP contribution >= 0.6 is 0 Å². The summed E-state index contributed by atoms with van der Waals surface area (Å²) in [6.45, 7) is 3.21. The van der Waals surface area contributed by atoms with Crippen LogP contribution in [0.3, 0.4) is 0 Å². The van der Waals surface area contributed by atoms with Crippen LogP contribution in [0.25, 0.3) is 10.8 Å². The molecule has 0 aliphatic rings. The van der Waals surface area contributed by atoms with Crippen molar-refractivity contribution in [3.8, 4) is 0 Å². The molecule has 2 aromatic rings. The molecule has 14 heavy (non-hydrogen) atoms. The molecule has 0 saturated carbocycles. The fourth-order valence-corrected chi connectivity index (χ4v) is 1.64. The first kappa shape index (κ1) is 9.07. The van der Waals surface area contributed by atoms with E-state index >= 15 is 0 Å². The summed E-state index contributed by atoms with van der Waals surface area (Å²) >= 11 is 0. The van der Waals surface area contributed by atoms with Gasteiger partial charge < -0.3 is 5.32 Å². The Labute approximate surface area is 84.8 Å². The van der Waals surface area contributed by atoms with Gasteiger partial charge in [0.05, 0.1) is 0 Å². The summed E-state index contributed by atoms with van der Waals surface area (Å²) in [5, 5.41) is 6.05. The topological polar surface area (TPSA) is 12.0 Å². The van der Waals surface area contributed by atoms with Gasteiger partial charge in [-0.05, 0) is 17.9 Å². The van der Waals surface area contributed by atoms with E-state index in [1.54, 1.807) is 0 Å². The van der Waals surface area contributed by atoms with Crippen LogP contribution < -0.4 is 5.32 Å². The van der Waals surface area contributed by atoms with Crippen molar-refractivity contribution in [2.75, 3.05) is 11.9 Å². The van der Waals surface area contributed by atoms with Gasteiger partial charge in [0.15, 0.2) is 0 Å². The van der Waals surface area contributed by atoms with E-state index in [1.165, 1.54) is 16.5 Å². The summed E-state index contributed by atoms with van der Waals surface area (Å²) in [5.74, 6) is 0. The Morgan fingerprint density at radius 2 is 1.79 bits per heavy atom. The summed E-state index contributed by atoms with van der Waals surface area (Å²) in [5.41, 5.74) is 1.24. The van der Waals surface area contributed by atoms with Crippen molar-refractivity contribution >= 4 is 16.5 Å². The van der Waals surface area contributed by atoms with Crippen LogP contribution in [0.4, 0.5) is 5.69 Å². The van der Waals surface area contributed by atoms with Crippen molar-refractivity contribution in [2.45, 2.75) is 13.3 Å². The number of hydrogen-bond donors (Lipinski definition) is 1. The maximum Gasteiger partial charge on any atom is 0.0419 e. The summed E-state index contributed by atoms with van der Waals surface area (Å²) in [7, 11) is 0. The van der Waals surface area contributed by atoms with E-state index in [1.807, 2.05) is 0 Å². The number of hydrogen-bond acceptors (Lipinski definition) is 1. The Morgan fingerprint density at radius 3 is 2.64 bits per heavy atom. The second-order valence-electron chi connectivity index (χ2n) is 3.45. The maximum atomic E-state index is 3.44. The summed E-state index contributed by atoms with van der Waals surface area (Å²) in [4.78, 5) is 0. The summed E-state index contributed by atoms with van der Waals surface area (Å²) in [6, 6.07) is 14.8. The minimum atomic E-state index is 1.04. The van der Waals surface area contributed by atoms with Gasteiger partial charge in [0.2, 0.25) is 0 Å². The predicted octanol–water partition coefficient (Wildman–Crippen LogP) is 3.66. The van der Waals surface area contributed by atoms with Gasteiger partial charge in [-0.2, -0.15) is 0 Å². The zero-order valence-electron chi connectivity index (χ0n) is 8.46. The molecular weight excluding hydrogens is 170 g/mol. The van der Waals surface area contributed by atoms with E-state index in [9.17, 15) is 0 Å². The molecule has 2 aromatic carbocycles. The highest BCUT2D eigenvalue weighted by Crippen LogP contribution is 2.22. The lowest BCUT2D eigenvalue weighted by molar-refractivity contribution is 0.981. The first-order chi connectivity index (χ1) is 6.92. The van der Waals surface area contributed by atoms with Crippen LogP contribution in [0.5, 0.6) is 0 Å². The minimum absolute atomic E-state index is 1.04. The predicted molar refractivity (Wildman–Crippen MR) is 62.7 cm³/mol. The van der Waals surface area contributed by atoms with E-state index in [2.05, 4.69) is 54.7 Å². The third-order valence-corrected chi connectivity index (χ3v) is 2.36. The summed E-state index contributed by atoms with van der Waals surface area (Å²) < 4.78 is 0. The molecule has 0 radical (unpaired) electrons. The highest BCUT2D eigenvalue weighted by Gasteiger charge is 1.97. The second kappa shape index (κ2) is 4.14. The molecule has 0 aromatic heterocycles. The summed E-state index contributed by atoms with van der Waals surface area (Å²) in [6.07, 6.45) is 1.16. The Bertz CT molecular complexity index is 415. The second-order valence-corrected chi connectivity index (χ2v) is 3.45. The molecule has 0 amide bonds. The average molecular weight is 185 g/mol. The van der Waals surface area contributed by atoms with Gasteiger partial charge in [0.25, 0.3) is 0 Å². The number of fused-ring (bicyclic) bond motifs is 1. The van der Waals surface area contributed by atoms with Gasteiger partial charge in [-0.3, -0.25) is 0 Å². The van der Waals surface area contributed by atoms with Crippen molar-refractivity contribution in [1.82, 2.24) is 0 Å². The molecule has 0 atom stereocenters. The number of rotatable bonds is 3. The van der Waals surface area contributed by atoms with Gasteiger partial charge in [-0.15, -0.1) is 0 Å². The van der Waals surface area contributed by atoms with Crippen LogP contribution in [-0.2, 0) is 0 Å². The molecule has 0 unspecified atom stereocenters. The van der Waals surface area contributed by atoms with E-state index in [4.69, 9.17) is 0 Å². The minimum Gasteiger partial charge on any atom is -0.385 e. The normalized spacial score (nSPS) is 10.4. The van der Waals surface area contributed by atoms with Crippen LogP contribution in [0.15, 0.2) is 42.5 Å². The monoisotopic (exact) mass is 185 g/mol. The third kappa shape index (κ3) is 1.72. The number of benzene rings is 2. The highest BCUT2D eigenvalue weighted by atomic mass is 14.9. The first-order valence-electron chi connectivity index (χ1n) is 5.13. The van der Waals surface area contributed by atoms with E-state index in [0.29, 0.717) is 0 Å². The molecule has 0 bridgehead atoms. The zero-order valence-corrected chi connectivity index (χ0v) is 8.46. The maximum absolute atomic E-state index is 3.44. The molecule has 1 heteroatoms. The Hall–Kier alpha value is -1.50. The molecule has 1 nitrogen and oxygen atoms in total. The third-order valence-electron chi connectivity index (χ3n) is 2.36. The fourth-order valence-electron chi connectivity index (χ4n) is 1.64. The Kier molecular flexibility index (Phi) is 2.68. The Morgan fingerprint density at radius 1 is 1.00 bits per heavy atom. The van der Waals surface area contributed by atoms with E-state index in [-0.39, 0.29) is 0 Å². The van der Waals surface area contributed by atoms with Crippen molar-refractivity contribution < 1.29 is 0 Å². The first-order valence-corrected chi connectivity index (χ1v) is 5.13. The largest absolute Gasteiger partial charge is 0.385 e. The molecule has 0 aliphatic carbocycles. The van der Waals surface area contributed by atoms with E-state index < -0.39 is 0 Å². The van der Waals surface area contributed by atoms with Gasteiger partial charge in [0, 0.05) is 17.6 Å². The molecule has 0 fully saturated rings. The molecule has 0 heterocycles. The SMILES string of the molecule is CCCNc1cccc2ccccc12. The zero-order chi connectivity index (χ0) is 9.80. The quantitative estimate of drug-likeness (QED) is 0.769. The number of nitrogens with one attached hydrogen (secondary N) is 1. The van der Waals surface area contributed by atoms with Gasteiger partial charge in [0.1, 0.15) is 0 Å². The van der Waals surface area contributed by atoms with E-state index in [0.717, 1.165) is 13.0 Å². The van der Waals surface area contributed by atoms with Crippen LogP contribution in [0.2, 0.25) is 0 Å². The van der Waals surface area contributed by atoms with Crippen molar-refractivity contribution in [1.29, 1.82) is 0 Å². The molecule has 72 valence electrons. The van der Waals surface area contributed by atoms with Crippen LogP contribution in [0, 0.1) is 0 Å². The number of anilines is 1. The Balaban J connectivity index is 2.43. The average Bonchev–Trinajstić information content (AvgIpc) is 2.26. The lowest BCUT2D eigenvalue weighted by atomic mass is 10.1. The smallest absolute Gasteiger partial charge is 0.0419 e. The van der Waals surface area contributed by atoms with Gasteiger partial charge >= 0.3 is 0 Å². The molecule has 0 spiro atoms. The van der Waals surface area contributed by atoms with Crippen molar-refractivity contribution in [2.24, 2.45) is 0 Å². The van der Waals surface area contributed by atoms with Gasteiger partial charge in [-0.25, -0.2) is 0 Å². The molecule has 2 rings (SSSR count). The standard InChI is InChI=1S/C13H15N/c1-2-10-14-13-9-5-7-11-6-3-4-8-12(11)13/h3-9,14H,2,10H2,1H3. The highest BCUT2D eigenvalue weighted by molar-refractivity contribution is 5.93. The molecule has 0 aliphatic heterocycles. The fraction of sp³-hybridized carbons (Fsp3) is 0.231. The lowest BCUT2D eigenvalue weighted by Crippen LogP contribution is -1.99. The van der Waals surface area contributed by atoms with Crippen LogP contribution in [-0.4, -0.2) is 6.54 Å². The molecule has 0 saturated heterocycles. The van der Waals surface area contributed by atoms with Crippen molar-refractivity contribution in [3.63, 3.8) is 0 Å². The van der Waals surface area contributed by atoms with Gasteiger partial charge in [-0.1, -0.05) is 43.3 Å². The molecular formula is C13H15N.